The molecule has 5 nitrogen and oxygen atoms in total. The van der Waals surface area contributed by atoms with Crippen LogP contribution >= 0.6 is 12.6 Å². The van der Waals surface area contributed by atoms with Crippen molar-refractivity contribution in [2.24, 2.45) is 0 Å². The number of amides is 2. The van der Waals surface area contributed by atoms with Crippen LogP contribution in [-0.4, -0.2) is 34.4 Å². The highest BCUT2D eigenvalue weighted by molar-refractivity contribution is 7.81. The summed E-state index contributed by atoms with van der Waals surface area (Å²) in [6.45, 7) is 1.93. The van der Waals surface area contributed by atoms with E-state index in [1.54, 1.807) is 0 Å². The van der Waals surface area contributed by atoms with Gasteiger partial charge in [0.2, 0.25) is 0 Å². The molecule has 0 aromatic rings. The van der Waals surface area contributed by atoms with Gasteiger partial charge in [0.05, 0.1) is 6.04 Å². The molecule has 0 aromatic carbocycles. The van der Waals surface area contributed by atoms with Gasteiger partial charge in [-0.3, -0.25) is 4.79 Å². The molecule has 0 spiro atoms. The van der Waals surface area contributed by atoms with E-state index in [9.17, 15) is 9.59 Å². The Morgan fingerprint density at radius 1 is 1.50 bits per heavy atom. The Balaban J connectivity index is 2.22. The van der Waals surface area contributed by atoms with Crippen LogP contribution in [0.3, 0.4) is 0 Å². The molecule has 16 heavy (non-hydrogen) atoms. The normalized spacial score (nSPS) is 26.0. The number of carboxylic acids is 1. The molecule has 2 amide bonds. The molecule has 1 aliphatic rings. The first kappa shape index (κ1) is 13.2. The van der Waals surface area contributed by atoms with Crippen molar-refractivity contribution in [1.29, 1.82) is 0 Å². The minimum atomic E-state index is -0.764. The van der Waals surface area contributed by atoms with E-state index in [0.717, 1.165) is 12.8 Å². The summed E-state index contributed by atoms with van der Waals surface area (Å²) in [4.78, 5) is 21.4. The summed E-state index contributed by atoms with van der Waals surface area (Å²) in [5.74, 6) is -0.764. The van der Waals surface area contributed by atoms with Crippen molar-refractivity contribution in [3.63, 3.8) is 0 Å². The lowest BCUT2D eigenvalue weighted by Gasteiger charge is -2.21. The predicted octanol–water partition coefficient (Wildman–Crippen LogP) is 1.000. The quantitative estimate of drug-likeness (QED) is 0.417. The molecule has 3 atom stereocenters. The zero-order valence-electron chi connectivity index (χ0n) is 9.27. The summed E-state index contributed by atoms with van der Waals surface area (Å²) in [6, 6.07) is -0.0442. The molecular formula is C10H18N2O3S. The van der Waals surface area contributed by atoms with Gasteiger partial charge in [0.15, 0.2) is 0 Å². The van der Waals surface area contributed by atoms with Crippen LogP contribution in [0.4, 0.5) is 4.79 Å². The van der Waals surface area contributed by atoms with Crippen molar-refractivity contribution in [2.45, 2.75) is 49.9 Å². The maximum atomic E-state index is 11.1. The van der Waals surface area contributed by atoms with Gasteiger partial charge in [-0.2, -0.15) is 12.6 Å². The summed E-state index contributed by atoms with van der Waals surface area (Å²) in [5.41, 5.74) is 0. The lowest BCUT2D eigenvalue weighted by molar-refractivity contribution is -0.137. The van der Waals surface area contributed by atoms with Gasteiger partial charge in [0.1, 0.15) is 0 Å². The molecule has 0 aromatic heterocycles. The minimum absolute atomic E-state index is 0.0284. The van der Waals surface area contributed by atoms with E-state index in [-0.39, 0.29) is 29.8 Å². The molecule has 3 N–H and O–H groups in total. The third-order valence-corrected chi connectivity index (χ3v) is 3.33. The SMILES string of the molecule is C[C@@H]1NC(=O)N[C@@H]1[C@@H](S)CCCCC(=O)O. The predicted molar refractivity (Wildman–Crippen MR) is 63.8 cm³/mol. The standard InChI is InChI=1S/C10H18N2O3S/c1-6-9(12-10(15)11-6)7(16)4-2-3-5-8(13)14/h6-7,9,16H,2-5H2,1H3,(H,13,14)(H2,11,12,15)/t6-,7-,9-/m0/s1. The van der Waals surface area contributed by atoms with Gasteiger partial charge in [0.25, 0.3) is 0 Å². The third-order valence-electron chi connectivity index (χ3n) is 2.75. The number of carbonyl (C=O) groups is 2. The molecule has 6 heteroatoms. The number of rotatable bonds is 6. The first-order valence-corrected chi connectivity index (χ1v) is 5.99. The van der Waals surface area contributed by atoms with Gasteiger partial charge in [-0.1, -0.05) is 6.42 Å². The van der Waals surface area contributed by atoms with Crippen molar-refractivity contribution >= 4 is 24.6 Å². The Labute approximate surface area is 100 Å². The number of nitrogens with one attached hydrogen (secondary N) is 2. The molecule has 0 bridgehead atoms. The molecule has 1 aliphatic heterocycles. The number of hydrogen-bond acceptors (Lipinski definition) is 3. The molecule has 1 fully saturated rings. The number of unbranched alkanes of at least 4 members (excludes halogenated alkanes) is 1. The van der Waals surface area contributed by atoms with E-state index >= 15 is 0 Å². The average molecular weight is 246 g/mol. The monoisotopic (exact) mass is 246 g/mol. The third kappa shape index (κ3) is 3.92. The smallest absolute Gasteiger partial charge is 0.315 e. The van der Waals surface area contributed by atoms with Crippen LogP contribution in [0.15, 0.2) is 0 Å². The zero-order valence-corrected chi connectivity index (χ0v) is 10.2. The van der Waals surface area contributed by atoms with Gasteiger partial charge in [-0.15, -0.1) is 0 Å². The Kier molecular flexibility index (Phi) is 4.92. The Hall–Kier alpha value is -0.910. The fraction of sp³-hybridized carbons (Fsp3) is 0.800. The van der Waals surface area contributed by atoms with Crippen molar-refractivity contribution in [3.05, 3.63) is 0 Å². The summed E-state index contributed by atoms with van der Waals surface area (Å²) in [5, 5.41) is 14.1. The second-order valence-electron chi connectivity index (χ2n) is 4.14. The summed E-state index contributed by atoms with van der Waals surface area (Å²) < 4.78 is 0. The second-order valence-corrected chi connectivity index (χ2v) is 4.80. The topological polar surface area (TPSA) is 78.4 Å². The summed E-state index contributed by atoms with van der Waals surface area (Å²) in [6.07, 6.45) is 2.49. The number of urea groups is 1. The highest BCUT2D eigenvalue weighted by atomic mass is 32.1. The minimum Gasteiger partial charge on any atom is -0.481 e. The number of aliphatic carboxylic acids is 1. The van der Waals surface area contributed by atoms with Gasteiger partial charge < -0.3 is 15.7 Å². The lowest BCUT2D eigenvalue weighted by Crippen LogP contribution is -2.39. The molecule has 92 valence electrons. The molecular weight excluding hydrogens is 228 g/mol. The number of carbonyl (C=O) groups excluding carboxylic acids is 1. The van der Waals surface area contributed by atoms with Crippen LogP contribution < -0.4 is 10.6 Å². The van der Waals surface area contributed by atoms with E-state index < -0.39 is 5.97 Å². The van der Waals surface area contributed by atoms with Crippen LogP contribution in [0, 0.1) is 0 Å². The van der Waals surface area contributed by atoms with Crippen LogP contribution in [-0.2, 0) is 4.79 Å². The van der Waals surface area contributed by atoms with Gasteiger partial charge in [-0.25, -0.2) is 4.79 Å². The first-order chi connectivity index (χ1) is 7.50. The van der Waals surface area contributed by atoms with Crippen molar-refractivity contribution in [2.75, 3.05) is 0 Å². The van der Waals surface area contributed by atoms with E-state index in [4.69, 9.17) is 5.11 Å². The molecule has 0 unspecified atom stereocenters. The van der Waals surface area contributed by atoms with Crippen LogP contribution in [0.2, 0.25) is 0 Å². The van der Waals surface area contributed by atoms with Crippen molar-refractivity contribution in [3.8, 4) is 0 Å². The molecule has 1 rings (SSSR count). The maximum Gasteiger partial charge on any atom is 0.315 e. The van der Waals surface area contributed by atoms with Gasteiger partial charge >= 0.3 is 12.0 Å². The molecule has 1 saturated heterocycles. The largest absolute Gasteiger partial charge is 0.481 e. The fourth-order valence-corrected chi connectivity index (χ4v) is 2.37. The maximum absolute atomic E-state index is 11.1. The van der Waals surface area contributed by atoms with Crippen molar-refractivity contribution < 1.29 is 14.7 Å². The molecule has 0 aliphatic carbocycles. The van der Waals surface area contributed by atoms with Crippen LogP contribution in [0.1, 0.15) is 32.6 Å². The van der Waals surface area contributed by atoms with E-state index in [1.165, 1.54) is 0 Å². The molecule has 1 heterocycles. The second kappa shape index (κ2) is 5.98. The Morgan fingerprint density at radius 3 is 2.69 bits per heavy atom. The van der Waals surface area contributed by atoms with Crippen LogP contribution in [0.5, 0.6) is 0 Å². The molecule has 0 radical (unpaired) electrons. The zero-order chi connectivity index (χ0) is 12.1. The highest BCUT2D eigenvalue weighted by Gasteiger charge is 2.32. The fourth-order valence-electron chi connectivity index (χ4n) is 1.85. The lowest BCUT2D eigenvalue weighted by atomic mass is 10.0. The Morgan fingerprint density at radius 2 is 2.19 bits per heavy atom. The number of thiol groups is 1. The van der Waals surface area contributed by atoms with Crippen molar-refractivity contribution in [1.82, 2.24) is 10.6 Å². The van der Waals surface area contributed by atoms with Crippen LogP contribution in [0.25, 0.3) is 0 Å². The Bertz CT molecular complexity index is 273. The van der Waals surface area contributed by atoms with E-state index in [2.05, 4.69) is 23.3 Å². The van der Waals surface area contributed by atoms with Gasteiger partial charge in [0, 0.05) is 17.7 Å². The van der Waals surface area contributed by atoms with E-state index in [1.807, 2.05) is 6.92 Å². The number of carboxylic acid groups (broad SMARTS) is 1. The highest BCUT2D eigenvalue weighted by Crippen LogP contribution is 2.17. The van der Waals surface area contributed by atoms with E-state index in [0.29, 0.717) is 6.42 Å². The summed E-state index contributed by atoms with van der Waals surface area (Å²) >= 11 is 4.45. The molecule has 0 saturated carbocycles. The number of hydrogen-bond donors (Lipinski definition) is 4. The average Bonchev–Trinajstić information content (AvgIpc) is 2.52. The first-order valence-electron chi connectivity index (χ1n) is 5.47. The summed E-state index contributed by atoms with van der Waals surface area (Å²) in [7, 11) is 0. The van der Waals surface area contributed by atoms with Gasteiger partial charge in [-0.05, 0) is 19.8 Å².